The molecule has 0 unspecified atom stereocenters. The van der Waals surface area contributed by atoms with Crippen molar-refractivity contribution in [3.8, 4) is 0 Å². The predicted molar refractivity (Wildman–Crippen MR) is 96.3 cm³/mol. The van der Waals surface area contributed by atoms with Gasteiger partial charge >= 0.3 is 11.9 Å². The second-order valence-corrected chi connectivity index (χ2v) is 9.30. The quantitative estimate of drug-likeness (QED) is 0.349. The lowest BCUT2D eigenvalue weighted by atomic mass is 9.92. The molecule has 2 saturated heterocycles. The van der Waals surface area contributed by atoms with Crippen LogP contribution >= 0.6 is 23.1 Å². The molecule has 1 aromatic rings. The molecule has 2 aliphatic heterocycles. The van der Waals surface area contributed by atoms with Crippen molar-refractivity contribution in [1.82, 2.24) is 10.2 Å². The number of amides is 2. The van der Waals surface area contributed by atoms with Gasteiger partial charge in [0.2, 0.25) is 5.91 Å². The normalized spacial score (nSPS) is 29.6. The third-order valence-corrected chi connectivity index (χ3v) is 7.07. The third-order valence-electron chi connectivity index (χ3n) is 4.76. The number of methoxy groups -OCH3 is 1. The summed E-state index contributed by atoms with van der Waals surface area (Å²) in [6.07, 6.45) is 0. The second-order valence-electron chi connectivity index (χ2n) is 6.78. The number of ether oxygens (including phenoxy) is 1. The van der Waals surface area contributed by atoms with Crippen LogP contribution in [0.2, 0.25) is 0 Å². The van der Waals surface area contributed by atoms with Crippen LogP contribution in [0.15, 0.2) is 16.8 Å². The molecular weight excluding hydrogens is 396 g/mol. The van der Waals surface area contributed by atoms with Gasteiger partial charge in [-0.15, -0.1) is 11.8 Å². The van der Waals surface area contributed by atoms with Crippen LogP contribution in [0.25, 0.3) is 0 Å². The minimum atomic E-state index is -1.80. The number of nitrogens with one attached hydrogen (secondary N) is 1. The number of thiophene rings is 1. The smallest absolute Gasteiger partial charge is 0.327 e. The molecule has 0 saturated carbocycles. The first-order valence-electron chi connectivity index (χ1n) is 7.92. The van der Waals surface area contributed by atoms with Crippen molar-refractivity contribution >= 4 is 46.9 Å². The Morgan fingerprint density at radius 2 is 2.00 bits per heavy atom. The van der Waals surface area contributed by atoms with Crippen LogP contribution in [0.3, 0.4) is 0 Å². The summed E-state index contributed by atoms with van der Waals surface area (Å²) >= 11 is 2.43. The van der Waals surface area contributed by atoms with Crippen LogP contribution in [-0.4, -0.2) is 67.9 Å². The Labute approximate surface area is 162 Å². The van der Waals surface area contributed by atoms with Gasteiger partial charge < -0.3 is 25.2 Å². The van der Waals surface area contributed by atoms with Crippen molar-refractivity contribution in [2.24, 2.45) is 0 Å². The van der Waals surface area contributed by atoms with E-state index in [9.17, 15) is 29.4 Å². The fourth-order valence-corrected chi connectivity index (χ4v) is 5.84. The van der Waals surface area contributed by atoms with Crippen LogP contribution < -0.4 is 5.32 Å². The van der Waals surface area contributed by atoms with Crippen molar-refractivity contribution in [1.29, 1.82) is 0 Å². The third kappa shape index (κ3) is 2.80. The summed E-state index contributed by atoms with van der Waals surface area (Å²) in [6.45, 7) is 3.38. The van der Waals surface area contributed by atoms with Gasteiger partial charge in [-0.3, -0.25) is 14.4 Å². The van der Waals surface area contributed by atoms with Crippen molar-refractivity contribution < 1.29 is 34.1 Å². The van der Waals surface area contributed by atoms with Gasteiger partial charge in [0.1, 0.15) is 11.4 Å². The average molecular weight is 414 g/mol. The predicted octanol–water partition coefficient (Wildman–Crippen LogP) is 0.522. The zero-order valence-corrected chi connectivity index (χ0v) is 16.3. The van der Waals surface area contributed by atoms with Crippen LogP contribution in [0.4, 0.5) is 0 Å². The SMILES string of the molecule is CO[C@@]1(NC(=O)[C@H](C(=O)O)c2ccsc2)C(=O)N2[C@@H](C(=O)O)C(C)(C)S[C@H]21. The lowest BCUT2D eigenvalue weighted by Crippen LogP contribution is -2.80. The largest absolute Gasteiger partial charge is 0.480 e. The molecule has 1 aromatic heterocycles. The first-order valence-corrected chi connectivity index (χ1v) is 9.74. The molecule has 9 nitrogen and oxygen atoms in total. The summed E-state index contributed by atoms with van der Waals surface area (Å²) in [5.74, 6) is -5.61. The highest BCUT2D eigenvalue weighted by molar-refractivity contribution is 8.01. The molecule has 2 aliphatic rings. The molecule has 0 bridgehead atoms. The van der Waals surface area contributed by atoms with Gasteiger partial charge in [0.05, 0.1) is 0 Å². The molecule has 3 heterocycles. The van der Waals surface area contributed by atoms with Crippen molar-refractivity contribution in [2.45, 2.75) is 41.7 Å². The molecule has 27 heavy (non-hydrogen) atoms. The molecule has 0 radical (unpaired) electrons. The van der Waals surface area contributed by atoms with E-state index in [-0.39, 0.29) is 0 Å². The van der Waals surface area contributed by atoms with Crippen molar-refractivity contribution in [2.75, 3.05) is 7.11 Å². The first-order chi connectivity index (χ1) is 12.6. The molecule has 0 spiro atoms. The lowest BCUT2D eigenvalue weighted by molar-refractivity contribution is -0.201. The van der Waals surface area contributed by atoms with Crippen molar-refractivity contribution in [3.05, 3.63) is 22.4 Å². The molecule has 2 amide bonds. The van der Waals surface area contributed by atoms with E-state index in [1.54, 1.807) is 24.6 Å². The Bertz CT molecular complexity index is 810. The Morgan fingerprint density at radius 3 is 2.48 bits per heavy atom. The van der Waals surface area contributed by atoms with E-state index in [4.69, 9.17) is 4.74 Å². The minimum absolute atomic E-state index is 0.294. The molecule has 2 fully saturated rings. The Balaban J connectivity index is 1.89. The number of thioether (sulfide) groups is 1. The van der Waals surface area contributed by atoms with Crippen molar-refractivity contribution in [3.63, 3.8) is 0 Å². The number of nitrogens with zero attached hydrogens (tertiary/aromatic N) is 1. The summed E-state index contributed by atoms with van der Waals surface area (Å²) in [4.78, 5) is 49.9. The van der Waals surface area contributed by atoms with Gasteiger partial charge in [-0.25, -0.2) is 4.79 Å². The number of fused-ring (bicyclic) bond motifs is 1. The van der Waals surface area contributed by atoms with E-state index < -0.39 is 51.6 Å². The van der Waals surface area contributed by atoms with Gasteiger partial charge in [0, 0.05) is 11.9 Å². The van der Waals surface area contributed by atoms with E-state index in [2.05, 4.69) is 5.32 Å². The summed E-state index contributed by atoms with van der Waals surface area (Å²) in [5.41, 5.74) is -1.50. The highest BCUT2D eigenvalue weighted by atomic mass is 32.2. The summed E-state index contributed by atoms with van der Waals surface area (Å²) < 4.78 is 4.50. The van der Waals surface area contributed by atoms with E-state index in [0.29, 0.717) is 5.56 Å². The summed E-state index contributed by atoms with van der Waals surface area (Å²) in [6, 6.07) is 0.443. The van der Waals surface area contributed by atoms with Gasteiger partial charge in [-0.2, -0.15) is 11.3 Å². The highest BCUT2D eigenvalue weighted by Crippen LogP contribution is 2.55. The maximum atomic E-state index is 12.8. The number of hydrogen-bond donors (Lipinski definition) is 3. The Kier molecular flexibility index (Phi) is 4.73. The van der Waals surface area contributed by atoms with Crippen LogP contribution in [0.5, 0.6) is 0 Å². The van der Waals surface area contributed by atoms with Gasteiger partial charge in [0.25, 0.3) is 11.6 Å². The van der Waals surface area contributed by atoms with Crippen LogP contribution in [0.1, 0.15) is 25.3 Å². The number of hydrogen-bond acceptors (Lipinski definition) is 7. The Hall–Kier alpha value is -2.11. The van der Waals surface area contributed by atoms with E-state index in [1.807, 2.05) is 0 Å². The second kappa shape index (κ2) is 6.50. The molecule has 3 rings (SSSR count). The van der Waals surface area contributed by atoms with E-state index >= 15 is 0 Å². The van der Waals surface area contributed by atoms with Gasteiger partial charge in [-0.05, 0) is 36.2 Å². The maximum absolute atomic E-state index is 12.8. The average Bonchev–Trinajstić information content (AvgIpc) is 3.16. The number of carbonyl (C=O) groups is 4. The van der Waals surface area contributed by atoms with Crippen LogP contribution in [-0.2, 0) is 23.9 Å². The zero-order valence-electron chi connectivity index (χ0n) is 14.7. The Morgan fingerprint density at radius 1 is 1.33 bits per heavy atom. The maximum Gasteiger partial charge on any atom is 0.327 e. The number of β-lactam (4-membered cyclic amide) rings is 1. The topological polar surface area (TPSA) is 133 Å². The molecule has 0 aliphatic carbocycles. The van der Waals surface area contributed by atoms with E-state index in [0.717, 1.165) is 4.90 Å². The monoisotopic (exact) mass is 414 g/mol. The molecular formula is C16H18N2O7S2. The van der Waals surface area contributed by atoms with Gasteiger partial charge in [0.15, 0.2) is 5.92 Å². The van der Waals surface area contributed by atoms with Crippen LogP contribution in [0, 0.1) is 0 Å². The fourth-order valence-electron chi connectivity index (χ4n) is 3.48. The standard InChI is InChI=1S/C16H18N2O7S2/c1-15(2)9(12(22)23)18-13(24)16(25-3,14(18)27-15)17-10(19)8(11(20)21)7-4-5-26-6-7/h4-6,8-9,14H,1-3H3,(H,17,19)(H,20,21)(H,22,23)/t8-,9+,14+,16+/m1/s1. The first kappa shape index (κ1) is 19.6. The number of carboxylic acids is 2. The zero-order chi connectivity index (χ0) is 20.1. The molecule has 0 aromatic carbocycles. The highest BCUT2D eigenvalue weighted by Gasteiger charge is 2.73. The lowest BCUT2D eigenvalue weighted by Gasteiger charge is -2.51. The van der Waals surface area contributed by atoms with Gasteiger partial charge in [-0.1, -0.05) is 0 Å². The molecule has 4 atom stereocenters. The van der Waals surface area contributed by atoms with E-state index in [1.165, 1.54) is 36.3 Å². The number of carbonyl (C=O) groups excluding carboxylic acids is 2. The molecule has 146 valence electrons. The minimum Gasteiger partial charge on any atom is -0.480 e. The number of aliphatic carboxylic acids is 2. The summed E-state index contributed by atoms with van der Waals surface area (Å²) in [7, 11) is 1.22. The fraction of sp³-hybridized carbons (Fsp3) is 0.500. The summed E-state index contributed by atoms with van der Waals surface area (Å²) in [5, 5.41) is 23.8. The molecule has 11 heteroatoms. The number of carboxylic acid groups (broad SMARTS) is 2. The number of rotatable bonds is 6. The molecule has 3 N–H and O–H groups in total.